The Balaban J connectivity index is 2.05. The molecule has 1 N–H and O–H groups in total. The molecule has 35 heavy (non-hydrogen) atoms. The van der Waals surface area contributed by atoms with Gasteiger partial charge in [0, 0.05) is 32.7 Å². The zero-order valence-corrected chi connectivity index (χ0v) is 20.4. The van der Waals surface area contributed by atoms with E-state index in [1.807, 2.05) is 13.8 Å². The molecule has 0 aliphatic carbocycles. The molecular weight excluding hydrogens is 450 g/mol. The van der Waals surface area contributed by atoms with Crippen LogP contribution in [0.5, 0.6) is 11.5 Å². The van der Waals surface area contributed by atoms with Crippen LogP contribution in [0, 0.1) is 5.92 Å². The van der Waals surface area contributed by atoms with Crippen molar-refractivity contribution in [1.29, 1.82) is 0 Å². The number of hydrogen-bond acceptors (Lipinski definition) is 7. The van der Waals surface area contributed by atoms with Crippen LogP contribution in [0.3, 0.4) is 0 Å². The molecule has 0 saturated carbocycles. The summed E-state index contributed by atoms with van der Waals surface area (Å²) >= 11 is 0. The Morgan fingerprint density at radius 1 is 1.09 bits per heavy atom. The van der Waals surface area contributed by atoms with Crippen LogP contribution in [0.4, 0.5) is 0 Å². The van der Waals surface area contributed by atoms with E-state index in [9.17, 15) is 19.5 Å². The van der Waals surface area contributed by atoms with Crippen molar-refractivity contribution < 1.29 is 33.7 Å². The number of Topliss-reactive ketones (excluding diaryl/α,β-unsaturated/α-hetero) is 1. The van der Waals surface area contributed by atoms with E-state index in [-0.39, 0.29) is 17.9 Å². The van der Waals surface area contributed by atoms with Gasteiger partial charge in [-0.25, -0.2) is 0 Å². The topological polar surface area (TPSA) is 102 Å². The van der Waals surface area contributed by atoms with E-state index in [0.717, 1.165) is 0 Å². The molecule has 2 aromatic carbocycles. The summed E-state index contributed by atoms with van der Waals surface area (Å²) in [7, 11) is 1.56. The fraction of sp³-hybridized carbons (Fsp3) is 0.370. The number of amides is 1. The largest absolute Gasteiger partial charge is 0.507 e. The average Bonchev–Trinajstić information content (AvgIpc) is 3.08. The Hall–Kier alpha value is -3.65. The van der Waals surface area contributed by atoms with Crippen molar-refractivity contribution >= 4 is 23.4 Å². The maximum Gasteiger partial charge on any atom is 0.308 e. The third-order valence-corrected chi connectivity index (χ3v) is 5.44. The lowest BCUT2D eigenvalue weighted by molar-refractivity contribution is -0.140. The molecule has 186 valence electrons. The van der Waals surface area contributed by atoms with E-state index in [2.05, 4.69) is 0 Å². The summed E-state index contributed by atoms with van der Waals surface area (Å²) in [6, 6.07) is 12.5. The van der Waals surface area contributed by atoms with E-state index in [1.54, 1.807) is 55.6 Å². The number of carbonyl (C=O) groups is 3. The first-order valence-corrected chi connectivity index (χ1v) is 11.5. The number of aliphatic hydroxyl groups excluding tert-OH is 1. The van der Waals surface area contributed by atoms with Crippen LogP contribution in [0.25, 0.3) is 5.76 Å². The van der Waals surface area contributed by atoms with Crippen molar-refractivity contribution in [3.05, 3.63) is 65.2 Å². The third kappa shape index (κ3) is 6.27. The summed E-state index contributed by atoms with van der Waals surface area (Å²) < 4.78 is 16.0. The van der Waals surface area contributed by atoms with E-state index in [0.29, 0.717) is 48.2 Å². The lowest BCUT2D eigenvalue weighted by Crippen LogP contribution is -2.31. The van der Waals surface area contributed by atoms with Gasteiger partial charge in [-0.05, 0) is 42.2 Å². The number of esters is 1. The van der Waals surface area contributed by atoms with Gasteiger partial charge in [0.15, 0.2) is 0 Å². The van der Waals surface area contributed by atoms with Crippen LogP contribution < -0.4 is 9.47 Å². The van der Waals surface area contributed by atoms with Crippen LogP contribution >= 0.6 is 0 Å². The minimum atomic E-state index is -0.807. The van der Waals surface area contributed by atoms with E-state index in [4.69, 9.17) is 14.2 Å². The van der Waals surface area contributed by atoms with Crippen molar-refractivity contribution in [3.8, 4) is 11.5 Å². The van der Waals surface area contributed by atoms with Gasteiger partial charge in [-0.1, -0.05) is 38.1 Å². The molecule has 1 heterocycles. The lowest BCUT2D eigenvalue weighted by atomic mass is 9.95. The second-order valence-corrected chi connectivity index (χ2v) is 8.73. The van der Waals surface area contributed by atoms with E-state index in [1.165, 1.54) is 11.8 Å². The fourth-order valence-corrected chi connectivity index (χ4v) is 3.87. The molecule has 2 aromatic rings. The first-order chi connectivity index (χ1) is 16.7. The van der Waals surface area contributed by atoms with Gasteiger partial charge in [-0.3, -0.25) is 14.4 Å². The monoisotopic (exact) mass is 481 g/mol. The number of methoxy groups -OCH3 is 1. The molecule has 8 nitrogen and oxygen atoms in total. The fourth-order valence-electron chi connectivity index (χ4n) is 3.87. The predicted molar refractivity (Wildman–Crippen MR) is 130 cm³/mol. The highest BCUT2D eigenvalue weighted by atomic mass is 16.5. The molecule has 3 rings (SSSR count). The Morgan fingerprint density at radius 3 is 2.43 bits per heavy atom. The second kappa shape index (κ2) is 11.7. The van der Waals surface area contributed by atoms with Crippen molar-refractivity contribution in [3.63, 3.8) is 0 Å². The second-order valence-electron chi connectivity index (χ2n) is 8.73. The molecule has 1 aliphatic heterocycles. The Labute approximate surface area is 205 Å². The number of carbonyl (C=O) groups excluding carboxylic acids is 3. The summed E-state index contributed by atoms with van der Waals surface area (Å²) in [5, 5.41) is 11.2. The zero-order valence-electron chi connectivity index (χ0n) is 20.4. The SMILES string of the molecule is COCCCN1C(=O)C(=O)/C(=C(\O)c2cccc(OCC(C)C)c2)C1c1ccc(OC(C)=O)cc1. The van der Waals surface area contributed by atoms with Crippen LogP contribution in [0.2, 0.25) is 0 Å². The van der Waals surface area contributed by atoms with Gasteiger partial charge in [0.05, 0.1) is 18.2 Å². The van der Waals surface area contributed by atoms with Crippen molar-refractivity contribution in [2.45, 2.75) is 33.2 Å². The van der Waals surface area contributed by atoms with Gasteiger partial charge >= 0.3 is 5.97 Å². The van der Waals surface area contributed by atoms with Crippen molar-refractivity contribution in [2.75, 3.05) is 26.9 Å². The number of likely N-dealkylation sites (tertiary alicyclic amines) is 1. The Morgan fingerprint density at radius 2 is 1.80 bits per heavy atom. The third-order valence-electron chi connectivity index (χ3n) is 5.44. The summed E-state index contributed by atoms with van der Waals surface area (Å²) in [6.45, 7) is 6.54. The highest BCUT2D eigenvalue weighted by Gasteiger charge is 2.45. The smallest absolute Gasteiger partial charge is 0.308 e. The van der Waals surface area contributed by atoms with Gasteiger partial charge in [-0.15, -0.1) is 0 Å². The summed E-state index contributed by atoms with van der Waals surface area (Å²) in [6.07, 6.45) is 0.518. The Bertz CT molecular complexity index is 1100. The molecular formula is C27H31NO7. The van der Waals surface area contributed by atoms with Crippen molar-refractivity contribution in [2.24, 2.45) is 5.92 Å². The Kier molecular flexibility index (Phi) is 8.65. The number of nitrogens with zero attached hydrogens (tertiary/aromatic N) is 1. The van der Waals surface area contributed by atoms with Gasteiger partial charge in [0.2, 0.25) is 0 Å². The first-order valence-electron chi connectivity index (χ1n) is 11.5. The van der Waals surface area contributed by atoms with Crippen LogP contribution in [0.1, 0.15) is 44.4 Å². The predicted octanol–water partition coefficient (Wildman–Crippen LogP) is 4.10. The number of aliphatic hydroxyl groups is 1. The van der Waals surface area contributed by atoms with Gasteiger partial charge in [-0.2, -0.15) is 0 Å². The molecule has 1 fully saturated rings. The zero-order chi connectivity index (χ0) is 25.5. The number of ketones is 1. The normalized spacial score (nSPS) is 17.2. The minimum absolute atomic E-state index is 0.00587. The summed E-state index contributed by atoms with van der Waals surface area (Å²) in [5.74, 6) is -0.970. The maximum atomic E-state index is 13.1. The molecule has 0 radical (unpaired) electrons. The molecule has 0 spiro atoms. The first kappa shape index (κ1) is 26.0. The van der Waals surface area contributed by atoms with Gasteiger partial charge in [0.25, 0.3) is 11.7 Å². The molecule has 1 saturated heterocycles. The van der Waals surface area contributed by atoms with E-state index >= 15 is 0 Å². The lowest BCUT2D eigenvalue weighted by Gasteiger charge is -2.25. The van der Waals surface area contributed by atoms with Crippen LogP contribution in [-0.2, 0) is 19.1 Å². The van der Waals surface area contributed by atoms with Crippen LogP contribution in [0.15, 0.2) is 54.1 Å². The number of benzene rings is 2. The molecule has 8 heteroatoms. The van der Waals surface area contributed by atoms with Gasteiger partial charge < -0.3 is 24.2 Å². The highest BCUT2D eigenvalue weighted by molar-refractivity contribution is 6.46. The highest BCUT2D eigenvalue weighted by Crippen LogP contribution is 2.40. The molecule has 0 bridgehead atoms. The number of rotatable bonds is 10. The molecule has 1 atom stereocenters. The molecule has 1 amide bonds. The molecule has 1 unspecified atom stereocenters. The van der Waals surface area contributed by atoms with Crippen LogP contribution in [-0.4, -0.2) is 54.5 Å². The number of hydrogen-bond donors (Lipinski definition) is 1. The average molecular weight is 482 g/mol. The van der Waals surface area contributed by atoms with E-state index < -0.39 is 23.7 Å². The quantitative estimate of drug-likeness (QED) is 0.136. The number of ether oxygens (including phenoxy) is 3. The van der Waals surface area contributed by atoms with Crippen molar-refractivity contribution in [1.82, 2.24) is 4.90 Å². The van der Waals surface area contributed by atoms with Gasteiger partial charge in [0.1, 0.15) is 17.3 Å². The summed E-state index contributed by atoms with van der Waals surface area (Å²) in [5.41, 5.74) is 0.975. The standard InChI is InChI=1S/C27H31NO7/c1-17(2)16-34-22-8-5-7-20(15-22)25(30)23-24(19-9-11-21(12-10-19)35-18(3)29)28(13-6-14-33-4)27(32)26(23)31/h5,7-12,15,17,24,30H,6,13-14,16H2,1-4H3/b25-23-. The minimum Gasteiger partial charge on any atom is -0.507 e. The maximum absolute atomic E-state index is 13.1. The molecule has 1 aliphatic rings. The molecule has 0 aromatic heterocycles. The summed E-state index contributed by atoms with van der Waals surface area (Å²) in [4.78, 5) is 38.8.